The summed E-state index contributed by atoms with van der Waals surface area (Å²) in [5.74, 6) is 1.95. The zero-order chi connectivity index (χ0) is 17.3. The predicted octanol–water partition coefficient (Wildman–Crippen LogP) is 2.51. The number of halogens is 1. The molecule has 0 aromatic carbocycles. The van der Waals surface area contributed by atoms with Crippen LogP contribution >= 0.6 is 24.0 Å². The van der Waals surface area contributed by atoms with Crippen LogP contribution in [0, 0.1) is 0 Å². The van der Waals surface area contributed by atoms with E-state index in [1.54, 1.807) is 6.33 Å². The molecule has 1 aromatic rings. The molecule has 148 valence electrons. The highest BCUT2D eigenvalue weighted by molar-refractivity contribution is 14.0. The Morgan fingerprint density at radius 2 is 2.08 bits per heavy atom. The van der Waals surface area contributed by atoms with E-state index in [9.17, 15) is 0 Å². The van der Waals surface area contributed by atoms with Crippen LogP contribution in [0.4, 0.5) is 0 Å². The summed E-state index contributed by atoms with van der Waals surface area (Å²) in [5, 5.41) is 15.2. The molecule has 0 bridgehead atoms. The molecule has 26 heavy (non-hydrogen) atoms. The molecule has 2 aliphatic rings. The van der Waals surface area contributed by atoms with E-state index in [1.165, 1.54) is 38.5 Å². The molecule has 0 radical (unpaired) electrons. The fourth-order valence-electron chi connectivity index (χ4n) is 3.59. The summed E-state index contributed by atoms with van der Waals surface area (Å²) in [4.78, 5) is 4.80. The SMILES string of the molecule is CCc1nncn1CCNC(=NCC1CCCCO1)NC1CCCC1.I. The fraction of sp³-hybridized carbons (Fsp3) is 0.833. The second-order valence-electron chi connectivity index (χ2n) is 7.02. The third-order valence-corrected chi connectivity index (χ3v) is 5.08. The lowest BCUT2D eigenvalue weighted by Crippen LogP contribution is -2.44. The number of ether oxygens (including phenoxy) is 1. The Labute approximate surface area is 173 Å². The van der Waals surface area contributed by atoms with E-state index in [0.29, 0.717) is 6.04 Å². The number of hydrogen-bond acceptors (Lipinski definition) is 4. The van der Waals surface area contributed by atoms with Crippen molar-refractivity contribution >= 4 is 29.9 Å². The first kappa shape index (κ1) is 21.4. The smallest absolute Gasteiger partial charge is 0.191 e. The Morgan fingerprint density at radius 1 is 1.27 bits per heavy atom. The van der Waals surface area contributed by atoms with Gasteiger partial charge in [-0.1, -0.05) is 19.8 Å². The van der Waals surface area contributed by atoms with Gasteiger partial charge in [0.2, 0.25) is 0 Å². The third kappa shape index (κ3) is 6.68. The number of aromatic nitrogens is 3. The van der Waals surface area contributed by atoms with Crippen molar-refractivity contribution in [3.8, 4) is 0 Å². The van der Waals surface area contributed by atoms with Gasteiger partial charge in [0.1, 0.15) is 12.2 Å². The number of aliphatic imine (C=N–C) groups is 1. The monoisotopic (exact) mass is 476 g/mol. The van der Waals surface area contributed by atoms with Gasteiger partial charge in [-0.25, -0.2) is 0 Å². The van der Waals surface area contributed by atoms with Crippen LogP contribution in [0.15, 0.2) is 11.3 Å². The molecule has 1 saturated heterocycles. The van der Waals surface area contributed by atoms with Crippen LogP contribution in [0.1, 0.15) is 57.7 Å². The number of guanidine groups is 1. The van der Waals surface area contributed by atoms with Gasteiger partial charge in [0, 0.05) is 32.2 Å². The van der Waals surface area contributed by atoms with Crippen LogP contribution in [-0.4, -0.2) is 52.6 Å². The van der Waals surface area contributed by atoms with Crippen molar-refractivity contribution in [3.05, 3.63) is 12.2 Å². The summed E-state index contributed by atoms with van der Waals surface area (Å²) in [7, 11) is 0. The van der Waals surface area contributed by atoms with Crippen LogP contribution in [0.2, 0.25) is 0 Å². The Hall–Kier alpha value is -0.900. The number of hydrogen-bond donors (Lipinski definition) is 2. The van der Waals surface area contributed by atoms with Gasteiger partial charge in [0.25, 0.3) is 0 Å². The third-order valence-electron chi connectivity index (χ3n) is 5.08. The van der Waals surface area contributed by atoms with Crippen molar-refractivity contribution < 1.29 is 4.74 Å². The summed E-state index contributed by atoms with van der Waals surface area (Å²) >= 11 is 0. The molecule has 2 heterocycles. The maximum atomic E-state index is 5.81. The molecule has 1 aliphatic heterocycles. The zero-order valence-corrected chi connectivity index (χ0v) is 18.2. The van der Waals surface area contributed by atoms with E-state index in [4.69, 9.17) is 9.73 Å². The maximum absolute atomic E-state index is 5.81. The van der Waals surface area contributed by atoms with Gasteiger partial charge in [0.15, 0.2) is 5.96 Å². The summed E-state index contributed by atoms with van der Waals surface area (Å²) in [5.41, 5.74) is 0. The van der Waals surface area contributed by atoms with Crippen molar-refractivity contribution in [1.29, 1.82) is 0 Å². The lowest BCUT2D eigenvalue weighted by Gasteiger charge is -2.22. The minimum Gasteiger partial charge on any atom is -0.376 e. The van der Waals surface area contributed by atoms with Crippen LogP contribution in [-0.2, 0) is 17.7 Å². The number of nitrogens with one attached hydrogen (secondary N) is 2. The van der Waals surface area contributed by atoms with Crippen molar-refractivity contribution in [1.82, 2.24) is 25.4 Å². The number of aryl methyl sites for hydroxylation is 1. The van der Waals surface area contributed by atoms with E-state index in [-0.39, 0.29) is 30.1 Å². The average Bonchev–Trinajstić information content (AvgIpc) is 3.32. The molecule has 2 fully saturated rings. The highest BCUT2D eigenvalue weighted by Gasteiger charge is 2.17. The first-order valence-corrected chi connectivity index (χ1v) is 9.88. The van der Waals surface area contributed by atoms with E-state index in [2.05, 4.69) is 32.3 Å². The first-order chi connectivity index (χ1) is 12.3. The lowest BCUT2D eigenvalue weighted by atomic mass is 10.1. The largest absolute Gasteiger partial charge is 0.376 e. The molecule has 2 N–H and O–H groups in total. The van der Waals surface area contributed by atoms with Crippen molar-refractivity contribution in [2.75, 3.05) is 19.7 Å². The standard InChI is InChI=1S/C18H32N6O.HI/c1-2-17-23-21-14-24(17)11-10-19-18(22-15-7-3-4-8-15)20-13-16-9-5-6-12-25-16;/h14-16H,2-13H2,1H3,(H2,19,20,22);1H. The van der Waals surface area contributed by atoms with Crippen LogP contribution in [0.25, 0.3) is 0 Å². The van der Waals surface area contributed by atoms with Gasteiger partial charge < -0.3 is 19.9 Å². The molecule has 1 unspecified atom stereocenters. The second kappa shape index (κ2) is 11.7. The molecule has 1 saturated carbocycles. The molecule has 8 heteroatoms. The van der Waals surface area contributed by atoms with E-state index in [0.717, 1.165) is 50.9 Å². The molecule has 7 nitrogen and oxygen atoms in total. The Bertz CT molecular complexity index is 538. The molecule has 0 amide bonds. The average molecular weight is 476 g/mol. The number of rotatable bonds is 7. The normalized spacial score (nSPS) is 21.4. The van der Waals surface area contributed by atoms with Gasteiger partial charge in [-0.3, -0.25) is 4.99 Å². The van der Waals surface area contributed by atoms with Gasteiger partial charge in [-0.2, -0.15) is 0 Å². The van der Waals surface area contributed by atoms with Gasteiger partial charge in [-0.05, 0) is 32.1 Å². The first-order valence-electron chi connectivity index (χ1n) is 9.88. The summed E-state index contributed by atoms with van der Waals surface area (Å²) < 4.78 is 7.91. The lowest BCUT2D eigenvalue weighted by molar-refractivity contribution is 0.0224. The molecule has 3 rings (SSSR count). The van der Waals surface area contributed by atoms with E-state index in [1.807, 2.05) is 0 Å². The van der Waals surface area contributed by atoms with E-state index < -0.39 is 0 Å². The molecule has 1 atom stereocenters. The molecule has 1 aromatic heterocycles. The van der Waals surface area contributed by atoms with Gasteiger partial charge in [0.05, 0.1) is 12.6 Å². The van der Waals surface area contributed by atoms with Crippen LogP contribution < -0.4 is 10.6 Å². The topological polar surface area (TPSA) is 76.4 Å². The molecular weight excluding hydrogens is 443 g/mol. The Morgan fingerprint density at radius 3 is 2.81 bits per heavy atom. The summed E-state index contributed by atoms with van der Waals surface area (Å²) in [6.07, 6.45) is 11.7. The van der Waals surface area contributed by atoms with Crippen molar-refractivity contribution in [3.63, 3.8) is 0 Å². The minimum atomic E-state index is 0. The number of nitrogens with zero attached hydrogens (tertiary/aromatic N) is 4. The second-order valence-corrected chi connectivity index (χ2v) is 7.02. The Balaban J connectivity index is 0.00000243. The molecular formula is C18H33IN6O. The summed E-state index contributed by atoms with van der Waals surface area (Å²) in [6, 6.07) is 0.555. The van der Waals surface area contributed by atoms with Crippen molar-refractivity contribution in [2.24, 2.45) is 4.99 Å². The predicted molar refractivity (Wildman–Crippen MR) is 114 cm³/mol. The highest BCUT2D eigenvalue weighted by atomic mass is 127. The van der Waals surface area contributed by atoms with Crippen molar-refractivity contribution in [2.45, 2.75) is 77.0 Å². The Kier molecular flexibility index (Phi) is 9.66. The van der Waals surface area contributed by atoms with Gasteiger partial charge in [-0.15, -0.1) is 34.2 Å². The minimum absolute atomic E-state index is 0. The van der Waals surface area contributed by atoms with Crippen LogP contribution in [0.5, 0.6) is 0 Å². The van der Waals surface area contributed by atoms with Gasteiger partial charge >= 0.3 is 0 Å². The van der Waals surface area contributed by atoms with Crippen LogP contribution in [0.3, 0.4) is 0 Å². The quantitative estimate of drug-likeness (QED) is 0.360. The molecule has 1 aliphatic carbocycles. The summed E-state index contributed by atoms with van der Waals surface area (Å²) in [6.45, 7) is 5.39. The van der Waals surface area contributed by atoms with E-state index >= 15 is 0 Å². The fourth-order valence-corrected chi connectivity index (χ4v) is 3.59. The molecule has 0 spiro atoms. The zero-order valence-electron chi connectivity index (χ0n) is 15.8. The maximum Gasteiger partial charge on any atom is 0.191 e. The highest BCUT2D eigenvalue weighted by Crippen LogP contribution is 2.17.